The second kappa shape index (κ2) is 10.9. The van der Waals surface area contributed by atoms with Crippen LogP contribution < -0.4 is 5.32 Å². The molecule has 9 heteroatoms. The highest BCUT2D eigenvalue weighted by Gasteiger charge is 2.52. The molecule has 2 saturated heterocycles. The van der Waals surface area contributed by atoms with Crippen LogP contribution in [0.3, 0.4) is 0 Å². The maximum atomic E-state index is 13.9. The standard InChI is InChI=1S/C29H25BrFN3O4/c30-21-8-4-7-20(16-21)27(36)32-23(15-18-9-11-22(31)12-10-18)29(38)33-14-13-24-26(33)25(35)17-34(24)28(37)19-5-2-1-3-6-19/h1-12,16,23-24,26H,13-15,17H2,(H,32,36)/t23-,24?,26?/m0/s1. The van der Waals surface area contributed by atoms with Crippen molar-refractivity contribution in [3.05, 3.63) is 106 Å². The average molecular weight is 578 g/mol. The summed E-state index contributed by atoms with van der Waals surface area (Å²) in [7, 11) is 0. The van der Waals surface area contributed by atoms with Gasteiger partial charge in [0.05, 0.1) is 12.6 Å². The van der Waals surface area contributed by atoms with E-state index in [0.29, 0.717) is 27.6 Å². The van der Waals surface area contributed by atoms with E-state index in [0.717, 1.165) is 0 Å². The van der Waals surface area contributed by atoms with Crippen molar-refractivity contribution in [1.29, 1.82) is 0 Å². The number of fused-ring (bicyclic) bond motifs is 1. The molecule has 2 unspecified atom stereocenters. The number of hydrogen-bond acceptors (Lipinski definition) is 4. The molecule has 3 amide bonds. The first-order valence-corrected chi connectivity index (χ1v) is 13.1. The zero-order valence-corrected chi connectivity index (χ0v) is 21.9. The second-order valence-electron chi connectivity index (χ2n) is 9.46. The molecule has 0 spiro atoms. The summed E-state index contributed by atoms with van der Waals surface area (Å²) in [6, 6.07) is 19.1. The molecule has 5 rings (SSSR count). The highest BCUT2D eigenvalue weighted by molar-refractivity contribution is 9.10. The van der Waals surface area contributed by atoms with Crippen LogP contribution in [0.25, 0.3) is 0 Å². The van der Waals surface area contributed by atoms with Gasteiger partial charge in [-0.15, -0.1) is 0 Å². The number of likely N-dealkylation sites (tertiary alicyclic amines) is 2. The zero-order valence-electron chi connectivity index (χ0n) is 20.3. The number of hydrogen-bond donors (Lipinski definition) is 1. The van der Waals surface area contributed by atoms with Gasteiger partial charge in [0, 0.05) is 28.6 Å². The first kappa shape index (κ1) is 25.8. The predicted molar refractivity (Wildman–Crippen MR) is 142 cm³/mol. The van der Waals surface area contributed by atoms with Crippen molar-refractivity contribution in [1.82, 2.24) is 15.1 Å². The van der Waals surface area contributed by atoms with Crippen LogP contribution in [-0.2, 0) is 16.0 Å². The van der Waals surface area contributed by atoms with Gasteiger partial charge in [0.15, 0.2) is 5.78 Å². The summed E-state index contributed by atoms with van der Waals surface area (Å²) in [5.41, 5.74) is 1.52. The molecule has 0 aliphatic carbocycles. The van der Waals surface area contributed by atoms with Crippen molar-refractivity contribution >= 4 is 39.4 Å². The maximum Gasteiger partial charge on any atom is 0.254 e. The van der Waals surface area contributed by atoms with E-state index in [-0.39, 0.29) is 31.2 Å². The fourth-order valence-electron chi connectivity index (χ4n) is 5.21. The molecule has 1 N–H and O–H groups in total. The van der Waals surface area contributed by atoms with Gasteiger partial charge in [0.2, 0.25) is 5.91 Å². The van der Waals surface area contributed by atoms with Gasteiger partial charge in [-0.05, 0) is 54.4 Å². The summed E-state index contributed by atoms with van der Waals surface area (Å²) < 4.78 is 14.2. The van der Waals surface area contributed by atoms with E-state index in [2.05, 4.69) is 21.2 Å². The lowest BCUT2D eigenvalue weighted by Gasteiger charge is -2.28. The lowest BCUT2D eigenvalue weighted by Crippen LogP contribution is -2.53. The first-order chi connectivity index (χ1) is 18.3. The Hall–Kier alpha value is -3.85. The van der Waals surface area contributed by atoms with E-state index < -0.39 is 35.8 Å². The fourth-order valence-corrected chi connectivity index (χ4v) is 5.61. The van der Waals surface area contributed by atoms with Crippen molar-refractivity contribution in [3.8, 4) is 0 Å². The van der Waals surface area contributed by atoms with Gasteiger partial charge in [0.25, 0.3) is 11.8 Å². The van der Waals surface area contributed by atoms with Gasteiger partial charge in [-0.25, -0.2) is 4.39 Å². The molecular weight excluding hydrogens is 553 g/mol. The van der Waals surface area contributed by atoms with E-state index in [1.54, 1.807) is 65.6 Å². The van der Waals surface area contributed by atoms with Gasteiger partial charge in [0.1, 0.15) is 17.9 Å². The minimum absolute atomic E-state index is 0.0696. The van der Waals surface area contributed by atoms with E-state index in [1.165, 1.54) is 17.0 Å². The summed E-state index contributed by atoms with van der Waals surface area (Å²) in [5, 5.41) is 2.82. The molecule has 0 saturated carbocycles. The number of carbonyl (C=O) groups is 4. The summed E-state index contributed by atoms with van der Waals surface area (Å²) in [6.45, 7) is 0.213. The molecule has 38 heavy (non-hydrogen) atoms. The van der Waals surface area contributed by atoms with Gasteiger partial charge in [-0.3, -0.25) is 19.2 Å². The van der Waals surface area contributed by atoms with E-state index in [9.17, 15) is 23.6 Å². The third-order valence-corrected chi connectivity index (χ3v) is 7.52. The van der Waals surface area contributed by atoms with Crippen LogP contribution in [0.4, 0.5) is 4.39 Å². The molecule has 3 aromatic carbocycles. The summed E-state index contributed by atoms with van der Waals surface area (Å²) in [4.78, 5) is 56.2. The Morgan fingerprint density at radius 1 is 0.947 bits per heavy atom. The van der Waals surface area contributed by atoms with E-state index in [4.69, 9.17) is 0 Å². The highest BCUT2D eigenvalue weighted by Crippen LogP contribution is 2.31. The smallest absolute Gasteiger partial charge is 0.254 e. The molecule has 2 heterocycles. The molecule has 2 aliphatic rings. The Kier molecular flexibility index (Phi) is 7.37. The normalized spacial score (nSPS) is 19.3. The number of carbonyl (C=O) groups excluding carboxylic acids is 4. The van der Waals surface area contributed by atoms with E-state index >= 15 is 0 Å². The molecule has 0 aromatic heterocycles. The quantitative estimate of drug-likeness (QED) is 0.485. The van der Waals surface area contributed by atoms with Crippen LogP contribution in [0.15, 0.2) is 83.3 Å². The number of Topliss-reactive ketones (excluding diaryl/α,β-unsaturated/α-hetero) is 1. The summed E-state index contributed by atoms with van der Waals surface area (Å²) in [6.07, 6.45) is 0.581. The lowest BCUT2D eigenvalue weighted by molar-refractivity contribution is -0.138. The minimum atomic E-state index is -0.989. The first-order valence-electron chi connectivity index (χ1n) is 12.3. The Balaban J connectivity index is 1.38. The third-order valence-electron chi connectivity index (χ3n) is 7.03. The van der Waals surface area contributed by atoms with Crippen molar-refractivity contribution in [3.63, 3.8) is 0 Å². The molecule has 2 fully saturated rings. The Bertz CT molecular complexity index is 1380. The van der Waals surface area contributed by atoms with Crippen LogP contribution in [-0.4, -0.2) is 64.5 Å². The van der Waals surface area contributed by atoms with Gasteiger partial charge >= 0.3 is 0 Å². The second-order valence-corrected chi connectivity index (χ2v) is 10.4. The largest absolute Gasteiger partial charge is 0.340 e. The monoisotopic (exact) mass is 577 g/mol. The molecule has 0 radical (unpaired) electrons. The molecular formula is C29H25BrFN3O4. The molecule has 3 aromatic rings. The van der Waals surface area contributed by atoms with Crippen molar-refractivity contribution in [2.75, 3.05) is 13.1 Å². The molecule has 2 aliphatic heterocycles. The average Bonchev–Trinajstić information content (AvgIpc) is 3.50. The van der Waals surface area contributed by atoms with Crippen molar-refractivity contribution < 1.29 is 23.6 Å². The van der Waals surface area contributed by atoms with Gasteiger partial charge in [-0.2, -0.15) is 0 Å². The van der Waals surface area contributed by atoms with Crippen LogP contribution in [0.5, 0.6) is 0 Å². The zero-order chi connectivity index (χ0) is 26.8. The van der Waals surface area contributed by atoms with E-state index in [1.807, 2.05) is 6.07 Å². The molecule has 3 atom stereocenters. The maximum absolute atomic E-state index is 13.9. The summed E-state index contributed by atoms with van der Waals surface area (Å²) in [5.74, 6) is -1.71. The molecule has 0 bridgehead atoms. The number of benzene rings is 3. The van der Waals surface area contributed by atoms with Crippen LogP contribution in [0.2, 0.25) is 0 Å². The SMILES string of the molecule is O=C(N[C@@H](Cc1ccc(F)cc1)C(=O)N1CCC2C1C(=O)CN2C(=O)c1ccccc1)c1cccc(Br)c1. The number of ketones is 1. The molecule has 7 nitrogen and oxygen atoms in total. The van der Waals surface area contributed by atoms with Crippen molar-refractivity contribution in [2.45, 2.75) is 31.0 Å². The highest BCUT2D eigenvalue weighted by atomic mass is 79.9. The number of amides is 3. The van der Waals surface area contributed by atoms with Crippen LogP contribution in [0, 0.1) is 5.82 Å². The Morgan fingerprint density at radius 3 is 2.37 bits per heavy atom. The topological polar surface area (TPSA) is 86.8 Å². The fraction of sp³-hybridized carbons (Fsp3) is 0.241. The van der Waals surface area contributed by atoms with Crippen LogP contribution >= 0.6 is 15.9 Å². The van der Waals surface area contributed by atoms with Gasteiger partial charge in [-0.1, -0.05) is 52.3 Å². The van der Waals surface area contributed by atoms with Crippen LogP contribution in [0.1, 0.15) is 32.7 Å². The number of nitrogens with one attached hydrogen (secondary N) is 1. The third kappa shape index (κ3) is 5.24. The minimum Gasteiger partial charge on any atom is -0.340 e. The number of halogens is 2. The Labute approximate surface area is 227 Å². The number of nitrogens with zero attached hydrogens (tertiary/aromatic N) is 2. The molecule has 194 valence electrons. The lowest BCUT2D eigenvalue weighted by atomic mass is 10.0. The number of rotatable bonds is 6. The van der Waals surface area contributed by atoms with Crippen molar-refractivity contribution in [2.24, 2.45) is 0 Å². The Morgan fingerprint density at radius 2 is 1.66 bits per heavy atom. The summed E-state index contributed by atoms with van der Waals surface area (Å²) >= 11 is 3.35. The van der Waals surface area contributed by atoms with Gasteiger partial charge < -0.3 is 15.1 Å². The predicted octanol–water partition coefficient (Wildman–Crippen LogP) is 3.62.